The van der Waals surface area contributed by atoms with Gasteiger partial charge in [-0.25, -0.2) is 9.37 Å². The summed E-state index contributed by atoms with van der Waals surface area (Å²) >= 11 is 5.79. The molecule has 2 aromatic rings. The van der Waals surface area contributed by atoms with Gasteiger partial charge in [0.15, 0.2) is 0 Å². The van der Waals surface area contributed by atoms with Crippen LogP contribution in [0.3, 0.4) is 0 Å². The highest BCUT2D eigenvalue weighted by Gasteiger charge is 2.05. The highest BCUT2D eigenvalue weighted by molar-refractivity contribution is 6.30. The van der Waals surface area contributed by atoms with Crippen LogP contribution in [0.4, 0.5) is 10.2 Å². The Morgan fingerprint density at radius 2 is 2.07 bits per heavy atom. The van der Waals surface area contributed by atoms with E-state index in [0.29, 0.717) is 22.0 Å². The summed E-state index contributed by atoms with van der Waals surface area (Å²) in [6.07, 6.45) is 1.46. The molecule has 2 nitrogen and oxygen atoms in total. The van der Waals surface area contributed by atoms with Gasteiger partial charge in [0.2, 0.25) is 0 Å². The molecule has 15 heavy (non-hydrogen) atoms. The van der Waals surface area contributed by atoms with Gasteiger partial charge in [0.1, 0.15) is 11.6 Å². The van der Waals surface area contributed by atoms with E-state index >= 15 is 0 Å². The number of hydrogen-bond donors (Lipinski definition) is 1. The number of halogens is 2. The van der Waals surface area contributed by atoms with Crippen LogP contribution in [0.1, 0.15) is 0 Å². The Hall–Kier alpha value is -1.61. The predicted molar refractivity (Wildman–Crippen MR) is 59.1 cm³/mol. The second-order valence-corrected chi connectivity index (χ2v) is 3.53. The van der Waals surface area contributed by atoms with Gasteiger partial charge in [-0.15, -0.1) is 0 Å². The number of aromatic nitrogens is 1. The average Bonchev–Trinajstić information content (AvgIpc) is 2.22. The minimum Gasteiger partial charge on any atom is -0.383 e. The summed E-state index contributed by atoms with van der Waals surface area (Å²) in [5.74, 6) is 0.0249. The van der Waals surface area contributed by atoms with Crippen LogP contribution in [-0.2, 0) is 0 Å². The summed E-state index contributed by atoms with van der Waals surface area (Å²) in [4.78, 5) is 3.91. The molecule has 4 heteroatoms. The van der Waals surface area contributed by atoms with Gasteiger partial charge in [0.05, 0.1) is 5.02 Å². The Labute approximate surface area is 91.5 Å². The zero-order valence-electron chi connectivity index (χ0n) is 7.74. The largest absolute Gasteiger partial charge is 0.383 e. The monoisotopic (exact) mass is 222 g/mol. The van der Waals surface area contributed by atoms with E-state index in [1.165, 1.54) is 18.3 Å². The number of nitrogen functional groups attached to an aromatic ring is 1. The standard InChI is InChI=1S/C11H8ClFN2/c12-8-5-10(11(14)15-6-8)7-2-1-3-9(13)4-7/h1-6H,(H2,14,15). The molecule has 0 saturated heterocycles. The van der Waals surface area contributed by atoms with E-state index in [-0.39, 0.29) is 5.82 Å². The van der Waals surface area contributed by atoms with Crippen molar-refractivity contribution in [2.24, 2.45) is 0 Å². The molecular weight excluding hydrogens is 215 g/mol. The first-order valence-electron chi connectivity index (χ1n) is 4.34. The third kappa shape index (κ3) is 2.07. The van der Waals surface area contributed by atoms with Crippen LogP contribution in [0.2, 0.25) is 5.02 Å². The molecule has 0 bridgehead atoms. The predicted octanol–water partition coefficient (Wildman–Crippen LogP) is 3.12. The van der Waals surface area contributed by atoms with E-state index in [2.05, 4.69) is 4.98 Å². The molecule has 0 aliphatic carbocycles. The molecule has 0 atom stereocenters. The minimum absolute atomic E-state index is 0.313. The molecule has 0 spiro atoms. The van der Waals surface area contributed by atoms with Gasteiger partial charge in [0.25, 0.3) is 0 Å². The summed E-state index contributed by atoms with van der Waals surface area (Å²) in [6, 6.07) is 7.80. The van der Waals surface area contributed by atoms with Crippen LogP contribution in [0, 0.1) is 5.82 Å². The first-order chi connectivity index (χ1) is 7.16. The minimum atomic E-state index is -0.313. The van der Waals surface area contributed by atoms with E-state index in [1.54, 1.807) is 18.2 Å². The summed E-state index contributed by atoms with van der Waals surface area (Å²) in [6.45, 7) is 0. The molecule has 0 aliphatic heterocycles. The van der Waals surface area contributed by atoms with Crippen molar-refractivity contribution in [2.45, 2.75) is 0 Å². The molecule has 2 N–H and O–H groups in total. The summed E-state index contributed by atoms with van der Waals surface area (Å²) in [5.41, 5.74) is 6.99. The van der Waals surface area contributed by atoms with Crippen molar-refractivity contribution in [1.29, 1.82) is 0 Å². The lowest BCUT2D eigenvalue weighted by atomic mass is 10.1. The third-order valence-corrected chi connectivity index (χ3v) is 2.23. The number of pyridine rings is 1. The zero-order chi connectivity index (χ0) is 10.8. The number of nitrogens with zero attached hydrogens (tertiary/aromatic N) is 1. The van der Waals surface area contributed by atoms with Crippen LogP contribution in [0.5, 0.6) is 0 Å². The number of anilines is 1. The first kappa shape index (κ1) is 9.93. The first-order valence-corrected chi connectivity index (χ1v) is 4.71. The quantitative estimate of drug-likeness (QED) is 0.805. The Kier molecular flexibility index (Phi) is 2.56. The number of rotatable bonds is 1. The molecule has 1 aromatic carbocycles. The number of hydrogen-bond acceptors (Lipinski definition) is 2. The molecule has 76 valence electrons. The van der Waals surface area contributed by atoms with Crippen molar-refractivity contribution < 1.29 is 4.39 Å². The van der Waals surface area contributed by atoms with Crippen molar-refractivity contribution >= 4 is 17.4 Å². The molecule has 0 amide bonds. The van der Waals surface area contributed by atoms with Crippen LogP contribution >= 0.6 is 11.6 Å². The van der Waals surface area contributed by atoms with Crippen molar-refractivity contribution in [1.82, 2.24) is 4.98 Å². The van der Waals surface area contributed by atoms with Gasteiger partial charge < -0.3 is 5.73 Å². The maximum absolute atomic E-state index is 13.0. The van der Waals surface area contributed by atoms with Crippen molar-refractivity contribution in [3.05, 3.63) is 47.4 Å². The van der Waals surface area contributed by atoms with Crippen molar-refractivity contribution in [3.8, 4) is 11.1 Å². The van der Waals surface area contributed by atoms with Crippen LogP contribution < -0.4 is 5.73 Å². The maximum atomic E-state index is 13.0. The normalized spacial score (nSPS) is 10.3. The lowest BCUT2D eigenvalue weighted by Crippen LogP contribution is -1.93. The maximum Gasteiger partial charge on any atom is 0.131 e. The Morgan fingerprint density at radius 3 is 2.80 bits per heavy atom. The van der Waals surface area contributed by atoms with E-state index < -0.39 is 0 Å². The second-order valence-electron chi connectivity index (χ2n) is 3.10. The molecule has 0 radical (unpaired) electrons. The molecular formula is C11H8ClFN2. The Morgan fingerprint density at radius 1 is 1.27 bits per heavy atom. The van der Waals surface area contributed by atoms with Crippen LogP contribution in [-0.4, -0.2) is 4.98 Å². The molecule has 1 aromatic heterocycles. The number of nitrogens with two attached hydrogens (primary N) is 1. The van der Waals surface area contributed by atoms with Crippen LogP contribution in [0.15, 0.2) is 36.5 Å². The van der Waals surface area contributed by atoms with E-state index in [1.807, 2.05) is 0 Å². The molecule has 0 fully saturated rings. The Bertz CT molecular complexity index is 500. The van der Waals surface area contributed by atoms with Gasteiger partial charge in [-0.3, -0.25) is 0 Å². The van der Waals surface area contributed by atoms with Gasteiger partial charge in [-0.1, -0.05) is 23.7 Å². The van der Waals surface area contributed by atoms with Gasteiger partial charge in [-0.05, 0) is 23.8 Å². The molecule has 0 unspecified atom stereocenters. The van der Waals surface area contributed by atoms with E-state index in [9.17, 15) is 4.39 Å². The Balaban J connectivity index is 2.58. The van der Waals surface area contributed by atoms with Crippen molar-refractivity contribution in [3.63, 3.8) is 0 Å². The smallest absolute Gasteiger partial charge is 0.131 e. The highest BCUT2D eigenvalue weighted by Crippen LogP contribution is 2.27. The summed E-state index contributed by atoms with van der Waals surface area (Å²) in [7, 11) is 0. The average molecular weight is 223 g/mol. The molecule has 0 aliphatic rings. The third-order valence-electron chi connectivity index (χ3n) is 2.02. The summed E-state index contributed by atoms with van der Waals surface area (Å²) in [5, 5.41) is 0.475. The SMILES string of the molecule is Nc1ncc(Cl)cc1-c1cccc(F)c1. The van der Waals surface area contributed by atoms with Gasteiger partial charge in [-0.2, -0.15) is 0 Å². The van der Waals surface area contributed by atoms with E-state index in [4.69, 9.17) is 17.3 Å². The highest BCUT2D eigenvalue weighted by atomic mass is 35.5. The van der Waals surface area contributed by atoms with E-state index in [0.717, 1.165) is 0 Å². The van der Waals surface area contributed by atoms with Gasteiger partial charge >= 0.3 is 0 Å². The summed E-state index contributed by atoms with van der Waals surface area (Å²) < 4.78 is 13.0. The molecule has 2 rings (SSSR count). The second kappa shape index (κ2) is 3.87. The lowest BCUT2D eigenvalue weighted by molar-refractivity contribution is 0.628. The fourth-order valence-electron chi connectivity index (χ4n) is 1.34. The number of benzene rings is 1. The van der Waals surface area contributed by atoms with Gasteiger partial charge in [0, 0.05) is 11.8 Å². The fourth-order valence-corrected chi connectivity index (χ4v) is 1.49. The topological polar surface area (TPSA) is 38.9 Å². The fraction of sp³-hybridized carbons (Fsp3) is 0. The lowest BCUT2D eigenvalue weighted by Gasteiger charge is -2.05. The molecule has 0 saturated carbocycles. The van der Waals surface area contributed by atoms with Crippen molar-refractivity contribution in [2.75, 3.05) is 5.73 Å². The molecule has 1 heterocycles. The van der Waals surface area contributed by atoms with Crippen LogP contribution in [0.25, 0.3) is 11.1 Å². The zero-order valence-corrected chi connectivity index (χ0v) is 8.50.